The van der Waals surface area contributed by atoms with Gasteiger partial charge < -0.3 is 70.2 Å². The number of carbonyl (C=O) groups is 11. The summed E-state index contributed by atoms with van der Waals surface area (Å²) in [7, 11) is 2.85. The number of hydrogen-bond donors (Lipinski definition) is 9. The van der Waals surface area contributed by atoms with Crippen molar-refractivity contribution in [2.24, 2.45) is 17.8 Å². The van der Waals surface area contributed by atoms with Crippen molar-refractivity contribution in [2.75, 3.05) is 40.5 Å². The van der Waals surface area contributed by atoms with Crippen molar-refractivity contribution in [1.82, 2.24) is 15.5 Å². The second-order valence-electron chi connectivity index (χ2n) is 27.8. The van der Waals surface area contributed by atoms with E-state index in [1.807, 2.05) is 188 Å². The van der Waals surface area contributed by atoms with Gasteiger partial charge in [-0.2, -0.15) is 0 Å². The average molecular weight is 1610 g/mol. The molecule has 9 aromatic rings. The number of ketones is 1. The Hall–Kier alpha value is -13.0. The lowest BCUT2D eigenvalue weighted by Gasteiger charge is -2.31. The second kappa shape index (κ2) is 47.8. The molecule has 0 aliphatic heterocycles. The highest BCUT2D eigenvalue weighted by atomic mass is 16.6. The summed E-state index contributed by atoms with van der Waals surface area (Å²) >= 11 is 0. The zero-order valence-electron chi connectivity index (χ0n) is 65.9. The molecule has 0 saturated carbocycles. The number of amides is 2. The monoisotopic (exact) mass is 1610 g/mol. The molecule has 622 valence electrons. The molecule has 0 spiro atoms. The van der Waals surface area contributed by atoms with Gasteiger partial charge in [0.05, 0.1) is 56.1 Å². The lowest BCUT2D eigenvalue weighted by Crippen LogP contribution is -2.47. The van der Waals surface area contributed by atoms with Gasteiger partial charge in [-0.15, -0.1) is 0 Å². The molecule has 0 radical (unpaired) electrons. The van der Waals surface area contributed by atoms with Gasteiger partial charge >= 0.3 is 53.8 Å². The van der Waals surface area contributed by atoms with Crippen molar-refractivity contribution in [3.8, 4) is 33.4 Å². The van der Waals surface area contributed by atoms with E-state index in [0.717, 1.165) is 72.3 Å². The van der Waals surface area contributed by atoms with Crippen LogP contribution in [0.15, 0.2) is 237 Å². The number of ether oxygens (including phenoxy) is 4. The third kappa shape index (κ3) is 27.6. The number of aliphatic hydroxyl groups is 2. The Morgan fingerprint density at radius 2 is 0.720 bits per heavy atom. The van der Waals surface area contributed by atoms with E-state index < -0.39 is 121 Å². The largest absolute Gasteiger partial charge is 0.481 e. The molecule has 1 unspecified atom stereocenters. The summed E-state index contributed by atoms with van der Waals surface area (Å²) in [6.45, 7) is 6.85. The molecule has 3 aliphatic rings. The molecule has 118 heavy (non-hydrogen) atoms. The molecule has 0 bridgehead atoms. The van der Waals surface area contributed by atoms with Crippen LogP contribution in [0.1, 0.15) is 135 Å². The zero-order valence-corrected chi connectivity index (χ0v) is 65.9. The first-order valence-electron chi connectivity index (χ1n) is 38.1. The van der Waals surface area contributed by atoms with Gasteiger partial charge in [-0.3, -0.25) is 47.9 Å². The van der Waals surface area contributed by atoms with Crippen molar-refractivity contribution >= 4 is 65.5 Å². The van der Waals surface area contributed by atoms with Gasteiger partial charge in [-0.05, 0) is 111 Å². The maximum atomic E-state index is 14.2. The summed E-state index contributed by atoms with van der Waals surface area (Å²) in [5.74, 6) is -11.5. The van der Waals surface area contributed by atoms with Crippen LogP contribution in [0.2, 0.25) is 0 Å². The van der Waals surface area contributed by atoms with Gasteiger partial charge in [0.1, 0.15) is 38.5 Å². The molecule has 25 heteroatoms. The quantitative estimate of drug-likeness (QED) is 0.0149. The second-order valence-corrected chi connectivity index (χ2v) is 27.8. The van der Waals surface area contributed by atoms with Crippen LogP contribution in [0, 0.1) is 17.8 Å². The Bertz CT molecular complexity index is 4560. The number of likely N-dealkylation sites (N-methyl/N-ethyl adjacent to an activating group) is 2. The Morgan fingerprint density at radius 1 is 0.398 bits per heavy atom. The number of benzene rings is 9. The number of aliphatic carboxylic acids is 5. The Balaban J connectivity index is 0.000000262. The van der Waals surface area contributed by atoms with Crippen LogP contribution >= 0.6 is 0 Å². The lowest BCUT2D eigenvalue weighted by molar-refractivity contribution is -0.155. The fraction of sp³-hybridized carbons (Fsp3) is 0.301. The summed E-state index contributed by atoms with van der Waals surface area (Å²) in [5, 5.41) is 64.3. The van der Waals surface area contributed by atoms with Crippen molar-refractivity contribution in [3.05, 3.63) is 287 Å². The molecule has 2 amide bonds. The third-order valence-corrected chi connectivity index (χ3v) is 19.5. The van der Waals surface area contributed by atoms with Gasteiger partial charge in [0, 0.05) is 37.8 Å². The average Bonchev–Trinajstić information content (AvgIpc) is 1.63. The molecule has 0 fully saturated rings. The lowest BCUT2D eigenvalue weighted by atomic mass is 9.92. The van der Waals surface area contributed by atoms with E-state index in [9.17, 15) is 57.8 Å². The summed E-state index contributed by atoms with van der Waals surface area (Å²) in [6.07, 6.45) is -2.22. The highest BCUT2D eigenvalue weighted by molar-refractivity contribution is 5.94. The van der Waals surface area contributed by atoms with E-state index in [-0.39, 0.29) is 84.1 Å². The SMILES string of the molecule is C.CC(NC(=O)OCC1c2ccccc2-c2ccccc21)C(=O)O.CCO.CN[C@@H](CC(=O)O)C(=O)O.C[C@H](CC(=O)OCC1c2ccccc2-c2ccccc21)C(=O)O.C[C@H](CC(=O)[C@H](Cc1ccccc1)N(C)C(=O)[C@H](CC(=O)OCc1ccccc1)CC(=O)OCC1c2ccccc2-c2ccccc21)C(=O)O.OCc1ccccc1. The standard InChI is InChI=1S/C41H41NO8.C19H18O4.C18H17NO4.C7H8O.C5H9NO4.C2H6O.CH4/c1-27(41(47)48)21-37(43)36(22-28-13-5-3-6-14-28)42(2)40(46)30(23-38(44)49-25-29-15-7-4-8-16-29)24-39(45)50-26-35-33-19-11-9-17-31(33)32-18-10-12-20-34(32)35;1-12(19(21)22)10-18(20)23-11-17-15-8-4-2-6-13(15)14-7-3-5-9-16(14)17;1-11(17(20)21)19-18(22)23-10-16-14-8-4-2-6-12(14)13-7-3-5-9-15(13)16;8-6-7-4-2-1-3-5-7;1-6-3(5(9)10)2-4(7)8;1-2-3;/h3-20,27,30,35-36H,21-26H2,1-2H3,(H,47,48);2-9,12,17H,10-11H2,1H3,(H,21,22);2-9,11,16H,10H2,1H3,(H,19,22)(H,20,21);1-5,8H,6H2;3,6H,2H2,1H3,(H,7,8)(H,9,10);3H,2H2,1H3;1H4/t27-,30-,36+;12-;;;3-;;/m11..0../s1. The van der Waals surface area contributed by atoms with Gasteiger partial charge in [0.25, 0.3) is 0 Å². The maximum absolute atomic E-state index is 14.2. The number of nitrogens with zero attached hydrogens (tertiary/aromatic N) is 1. The van der Waals surface area contributed by atoms with Crippen LogP contribution < -0.4 is 10.6 Å². The van der Waals surface area contributed by atoms with Crippen LogP contribution in [0.3, 0.4) is 0 Å². The van der Waals surface area contributed by atoms with Crippen molar-refractivity contribution in [1.29, 1.82) is 0 Å². The molecule has 9 aromatic carbocycles. The first-order valence-corrected chi connectivity index (χ1v) is 38.1. The predicted octanol–water partition coefficient (Wildman–Crippen LogP) is 13.6. The molecule has 9 N–H and O–H groups in total. The van der Waals surface area contributed by atoms with Crippen LogP contribution in [-0.4, -0.2) is 165 Å². The highest BCUT2D eigenvalue weighted by Crippen LogP contribution is 2.47. The molecule has 0 saturated heterocycles. The minimum Gasteiger partial charge on any atom is -0.481 e. The van der Waals surface area contributed by atoms with Crippen LogP contribution in [0.25, 0.3) is 33.4 Å². The van der Waals surface area contributed by atoms with E-state index in [1.165, 1.54) is 50.9 Å². The number of carbonyl (C=O) groups excluding carboxylic acids is 6. The molecule has 6 atom stereocenters. The van der Waals surface area contributed by atoms with E-state index in [1.54, 1.807) is 31.2 Å². The topological polar surface area (TPSA) is 394 Å². The van der Waals surface area contributed by atoms with Crippen molar-refractivity contribution < 1.29 is 107 Å². The number of carboxylic acid groups (broad SMARTS) is 5. The molecule has 25 nitrogen and oxygen atoms in total. The number of carboxylic acids is 5. The number of esters is 3. The van der Waals surface area contributed by atoms with Crippen LogP contribution in [0.4, 0.5) is 4.79 Å². The molecule has 0 heterocycles. The summed E-state index contributed by atoms with van der Waals surface area (Å²) in [4.78, 5) is 132. The number of alkyl carbamates (subject to hydrolysis) is 1. The Kier molecular flexibility index (Phi) is 38.0. The Morgan fingerprint density at radius 3 is 1.04 bits per heavy atom. The predicted molar refractivity (Wildman–Crippen MR) is 443 cm³/mol. The minimum atomic E-state index is -1.19. The highest BCUT2D eigenvalue weighted by Gasteiger charge is 2.38. The fourth-order valence-electron chi connectivity index (χ4n) is 13.4. The molecule has 0 aromatic heterocycles. The number of Topliss-reactive ketones (excluding diaryl/α,β-unsaturated/α-hetero) is 1. The first kappa shape index (κ1) is 93.9. The number of rotatable bonds is 30. The maximum Gasteiger partial charge on any atom is 0.407 e. The molecule has 3 aliphatic carbocycles. The normalized spacial score (nSPS) is 13.0. The smallest absolute Gasteiger partial charge is 0.407 e. The minimum absolute atomic E-state index is 0. The summed E-state index contributed by atoms with van der Waals surface area (Å²) < 4.78 is 21.9. The molecule has 12 rings (SSSR count). The van der Waals surface area contributed by atoms with Crippen molar-refractivity contribution in [2.45, 2.75) is 123 Å². The van der Waals surface area contributed by atoms with E-state index in [0.29, 0.717) is 0 Å². The van der Waals surface area contributed by atoms with Gasteiger partial charge in [-0.25, -0.2) is 4.79 Å². The van der Waals surface area contributed by atoms with E-state index in [2.05, 4.69) is 34.9 Å². The number of fused-ring (bicyclic) bond motifs is 9. The van der Waals surface area contributed by atoms with Gasteiger partial charge in [-0.1, -0.05) is 258 Å². The molecular formula is C93H103N3O22. The number of hydrogen-bond acceptors (Lipinski definition) is 18. The number of nitrogens with one attached hydrogen (secondary N) is 2. The van der Waals surface area contributed by atoms with Gasteiger partial charge in [0.15, 0.2) is 5.78 Å². The van der Waals surface area contributed by atoms with Crippen LogP contribution in [0.5, 0.6) is 0 Å². The van der Waals surface area contributed by atoms with E-state index in [4.69, 9.17) is 49.6 Å². The number of aliphatic hydroxyl groups excluding tert-OH is 2. The summed E-state index contributed by atoms with van der Waals surface area (Å²) in [5.41, 5.74) is 15.9. The van der Waals surface area contributed by atoms with Crippen LogP contribution in [-0.2, 0) is 86.5 Å². The zero-order chi connectivity index (χ0) is 85.1. The molecular weight excluding hydrogens is 1510 g/mol. The van der Waals surface area contributed by atoms with E-state index >= 15 is 0 Å². The van der Waals surface area contributed by atoms with Crippen molar-refractivity contribution in [3.63, 3.8) is 0 Å². The third-order valence-electron chi connectivity index (χ3n) is 19.5. The Labute approximate surface area is 686 Å². The first-order chi connectivity index (χ1) is 56.2. The van der Waals surface area contributed by atoms with Gasteiger partial charge in [0.2, 0.25) is 5.91 Å². The summed E-state index contributed by atoms with van der Waals surface area (Å²) in [6, 6.07) is 72.8. The fourth-order valence-corrected chi connectivity index (χ4v) is 13.4.